The molecular weight excluding hydrogens is 361 g/mol. The zero-order valence-corrected chi connectivity index (χ0v) is 13.5. The summed E-state index contributed by atoms with van der Waals surface area (Å²) in [7, 11) is 0. The van der Waals surface area contributed by atoms with Crippen molar-refractivity contribution >= 4 is 44.5 Å². The maximum Gasteiger partial charge on any atom is 0.220 e. The molecular formula is C14H14BrClFN3O. The summed E-state index contributed by atoms with van der Waals surface area (Å²) in [6.07, 6.45) is 1.97. The van der Waals surface area contributed by atoms with Crippen molar-refractivity contribution in [2.24, 2.45) is 0 Å². The predicted molar refractivity (Wildman–Crippen MR) is 83.0 cm³/mol. The summed E-state index contributed by atoms with van der Waals surface area (Å²) in [6.45, 7) is 0.631. The van der Waals surface area contributed by atoms with E-state index >= 15 is 0 Å². The van der Waals surface area contributed by atoms with Crippen LogP contribution in [0.3, 0.4) is 0 Å². The van der Waals surface area contributed by atoms with Crippen molar-refractivity contribution in [1.82, 2.24) is 14.9 Å². The summed E-state index contributed by atoms with van der Waals surface area (Å²) < 4.78 is 16.1. The van der Waals surface area contributed by atoms with Gasteiger partial charge in [0.15, 0.2) is 0 Å². The molecule has 0 aliphatic carbocycles. The molecule has 21 heavy (non-hydrogen) atoms. The highest BCUT2D eigenvalue weighted by atomic mass is 79.9. The number of amides is 1. The number of nitrogens with zero attached hydrogens (tertiary/aromatic N) is 2. The van der Waals surface area contributed by atoms with E-state index < -0.39 is 0 Å². The van der Waals surface area contributed by atoms with Crippen molar-refractivity contribution in [2.45, 2.75) is 31.8 Å². The minimum atomic E-state index is -0.334. The van der Waals surface area contributed by atoms with Gasteiger partial charge in [-0.25, -0.2) is 9.37 Å². The lowest BCUT2D eigenvalue weighted by Gasteiger charge is -2.14. The molecule has 1 aliphatic heterocycles. The van der Waals surface area contributed by atoms with Crippen LogP contribution in [0.4, 0.5) is 4.39 Å². The van der Waals surface area contributed by atoms with Crippen LogP contribution in [-0.4, -0.2) is 27.4 Å². The summed E-state index contributed by atoms with van der Waals surface area (Å²) >= 11 is 9.04. The number of carbonyl (C=O) groups is 1. The summed E-state index contributed by atoms with van der Waals surface area (Å²) in [5.41, 5.74) is 1.46. The van der Waals surface area contributed by atoms with E-state index in [1.54, 1.807) is 6.07 Å². The van der Waals surface area contributed by atoms with E-state index in [4.69, 9.17) is 11.6 Å². The molecule has 1 amide bonds. The number of alkyl halides is 1. The number of benzene rings is 1. The lowest BCUT2D eigenvalue weighted by Crippen LogP contribution is -2.30. The van der Waals surface area contributed by atoms with Crippen LogP contribution in [-0.2, 0) is 17.8 Å². The Bertz CT molecular complexity index is 703. The third-order valence-electron chi connectivity index (χ3n) is 3.68. The predicted octanol–water partition coefficient (Wildman–Crippen LogP) is 3.00. The molecule has 2 aromatic rings. The molecule has 1 aromatic carbocycles. The first kappa shape index (κ1) is 14.8. The van der Waals surface area contributed by atoms with Crippen LogP contribution in [0, 0.1) is 5.82 Å². The Morgan fingerprint density at radius 2 is 2.33 bits per heavy atom. The van der Waals surface area contributed by atoms with E-state index in [1.807, 2.05) is 4.57 Å². The van der Waals surface area contributed by atoms with Gasteiger partial charge in [0.1, 0.15) is 11.6 Å². The molecule has 1 aliphatic rings. The largest absolute Gasteiger partial charge is 0.352 e. The third-order valence-corrected chi connectivity index (χ3v) is 4.47. The van der Waals surface area contributed by atoms with Gasteiger partial charge in [0, 0.05) is 37.4 Å². The second kappa shape index (κ2) is 5.93. The topological polar surface area (TPSA) is 46.9 Å². The maximum atomic E-state index is 13.7. The van der Waals surface area contributed by atoms with Gasteiger partial charge in [-0.1, -0.05) is 0 Å². The molecule has 0 saturated carbocycles. The molecule has 3 rings (SSSR count). The number of hydrogen-bond acceptors (Lipinski definition) is 2. The Balaban J connectivity index is 2.02. The lowest BCUT2D eigenvalue weighted by molar-refractivity contribution is -0.119. The molecule has 2 heterocycles. The number of hydrogen-bond donors (Lipinski definition) is 1. The Morgan fingerprint density at radius 1 is 1.52 bits per heavy atom. The van der Waals surface area contributed by atoms with Crippen LogP contribution < -0.4 is 5.32 Å². The molecule has 1 unspecified atom stereocenters. The van der Waals surface area contributed by atoms with Crippen LogP contribution in [0.25, 0.3) is 11.0 Å². The van der Waals surface area contributed by atoms with Gasteiger partial charge in [-0.15, -0.1) is 11.6 Å². The number of carbonyl (C=O) groups excluding carboxylic acids is 1. The highest BCUT2D eigenvalue weighted by Gasteiger charge is 2.23. The number of rotatable bonds is 4. The van der Waals surface area contributed by atoms with E-state index in [-0.39, 0.29) is 17.8 Å². The second-order valence-corrected chi connectivity index (χ2v) is 6.37. The van der Waals surface area contributed by atoms with E-state index in [9.17, 15) is 9.18 Å². The first-order valence-electron chi connectivity index (χ1n) is 6.78. The maximum absolute atomic E-state index is 13.7. The van der Waals surface area contributed by atoms with Gasteiger partial charge in [-0.05, 0) is 28.4 Å². The number of imidazole rings is 1. The smallest absolute Gasteiger partial charge is 0.220 e. The van der Waals surface area contributed by atoms with Crippen LogP contribution in [0.15, 0.2) is 16.6 Å². The summed E-state index contributed by atoms with van der Waals surface area (Å²) in [4.78, 5) is 15.8. The van der Waals surface area contributed by atoms with E-state index in [0.29, 0.717) is 35.3 Å². The van der Waals surface area contributed by atoms with Crippen LogP contribution in [0.2, 0.25) is 0 Å². The average molecular weight is 375 g/mol. The van der Waals surface area contributed by atoms with Crippen LogP contribution in [0.1, 0.15) is 18.7 Å². The Hall–Kier alpha value is -1.14. The molecule has 1 fully saturated rings. The fourth-order valence-corrected chi connectivity index (χ4v) is 3.18. The lowest BCUT2D eigenvalue weighted by atomic mass is 10.2. The van der Waals surface area contributed by atoms with Gasteiger partial charge >= 0.3 is 0 Å². The molecule has 1 N–H and O–H groups in total. The normalized spacial score (nSPS) is 18.4. The van der Waals surface area contributed by atoms with Crippen LogP contribution in [0.5, 0.6) is 0 Å². The summed E-state index contributed by atoms with van der Waals surface area (Å²) in [6, 6.07) is 3.24. The van der Waals surface area contributed by atoms with E-state index in [2.05, 4.69) is 26.2 Å². The molecule has 4 nitrogen and oxygen atoms in total. The SMILES string of the molecule is O=C1CCC(Cn2c(CCCl)nc3cc(F)c(Br)cc32)N1. The number of aryl methyl sites for hydroxylation is 1. The molecule has 0 radical (unpaired) electrons. The van der Waals surface area contributed by atoms with Gasteiger partial charge in [0.2, 0.25) is 5.91 Å². The molecule has 7 heteroatoms. The highest BCUT2D eigenvalue weighted by Crippen LogP contribution is 2.25. The standard InChI is InChI=1S/C14H14BrClFN3O/c15-9-5-12-11(6-10(9)17)19-13(3-4-16)20(12)7-8-1-2-14(21)18-8/h5-6,8H,1-4,7H2,(H,18,21). The van der Waals surface area contributed by atoms with Gasteiger partial charge in [0.05, 0.1) is 15.5 Å². The van der Waals surface area contributed by atoms with Crippen molar-refractivity contribution in [3.8, 4) is 0 Å². The summed E-state index contributed by atoms with van der Waals surface area (Å²) in [5.74, 6) is 1.01. The Kier molecular flexibility index (Phi) is 4.17. The number of halogens is 3. The van der Waals surface area contributed by atoms with Crippen molar-refractivity contribution in [2.75, 3.05) is 5.88 Å². The minimum absolute atomic E-state index is 0.0792. The average Bonchev–Trinajstić information content (AvgIpc) is 2.97. The molecule has 1 atom stereocenters. The quantitative estimate of drug-likeness (QED) is 0.836. The zero-order valence-electron chi connectivity index (χ0n) is 11.2. The zero-order chi connectivity index (χ0) is 15.0. The first-order chi connectivity index (χ1) is 10.1. The molecule has 0 bridgehead atoms. The first-order valence-corrected chi connectivity index (χ1v) is 8.10. The van der Waals surface area contributed by atoms with E-state index in [1.165, 1.54) is 6.07 Å². The monoisotopic (exact) mass is 373 g/mol. The number of aromatic nitrogens is 2. The van der Waals surface area contributed by atoms with Crippen molar-refractivity contribution < 1.29 is 9.18 Å². The Morgan fingerprint density at radius 3 is 3.00 bits per heavy atom. The Labute approximate surface area is 134 Å². The van der Waals surface area contributed by atoms with E-state index in [0.717, 1.165) is 17.8 Å². The van der Waals surface area contributed by atoms with Gasteiger partial charge in [-0.3, -0.25) is 4.79 Å². The molecule has 1 aromatic heterocycles. The van der Waals surface area contributed by atoms with Gasteiger partial charge in [0.25, 0.3) is 0 Å². The number of nitrogens with one attached hydrogen (secondary N) is 1. The number of fused-ring (bicyclic) bond motifs is 1. The van der Waals surface area contributed by atoms with Crippen molar-refractivity contribution in [3.05, 3.63) is 28.2 Å². The molecule has 0 spiro atoms. The van der Waals surface area contributed by atoms with Crippen molar-refractivity contribution in [1.29, 1.82) is 0 Å². The minimum Gasteiger partial charge on any atom is -0.352 e. The summed E-state index contributed by atoms with van der Waals surface area (Å²) in [5, 5.41) is 2.95. The highest BCUT2D eigenvalue weighted by molar-refractivity contribution is 9.10. The fraction of sp³-hybridized carbons (Fsp3) is 0.429. The molecule has 112 valence electrons. The van der Waals surface area contributed by atoms with Crippen LogP contribution >= 0.6 is 27.5 Å². The second-order valence-electron chi connectivity index (χ2n) is 5.14. The third kappa shape index (κ3) is 2.92. The van der Waals surface area contributed by atoms with Gasteiger partial charge in [-0.2, -0.15) is 0 Å². The molecule has 1 saturated heterocycles. The van der Waals surface area contributed by atoms with Gasteiger partial charge < -0.3 is 9.88 Å². The fourth-order valence-electron chi connectivity index (χ4n) is 2.68. The van der Waals surface area contributed by atoms with Crippen molar-refractivity contribution in [3.63, 3.8) is 0 Å².